The van der Waals surface area contributed by atoms with Crippen LogP contribution >= 0.6 is 11.8 Å². The minimum atomic E-state index is -0.953. The van der Waals surface area contributed by atoms with Gasteiger partial charge in [0, 0.05) is 29.5 Å². The molecule has 1 saturated heterocycles. The lowest BCUT2D eigenvalue weighted by Gasteiger charge is -2.33. The number of aryl methyl sites for hydroxylation is 1. The van der Waals surface area contributed by atoms with E-state index in [1.807, 2.05) is 49.4 Å². The fourth-order valence-corrected chi connectivity index (χ4v) is 4.15. The molecular formula is C21H23NO4S. The van der Waals surface area contributed by atoms with E-state index in [4.69, 9.17) is 4.74 Å². The molecule has 0 unspecified atom stereocenters. The normalized spacial score (nSPS) is 15.9. The van der Waals surface area contributed by atoms with Gasteiger partial charge in [0.05, 0.1) is 11.0 Å². The quantitative estimate of drug-likeness (QED) is 0.792. The molecule has 1 aliphatic rings. The highest BCUT2D eigenvalue weighted by Gasteiger charge is 2.40. The third kappa shape index (κ3) is 4.70. The monoisotopic (exact) mass is 385 g/mol. The van der Waals surface area contributed by atoms with Crippen LogP contribution in [0.4, 0.5) is 0 Å². The molecule has 0 saturated carbocycles. The summed E-state index contributed by atoms with van der Waals surface area (Å²) in [7, 11) is 0. The third-order valence-electron chi connectivity index (χ3n) is 4.84. The number of hydrogen-bond acceptors (Lipinski definition) is 4. The highest BCUT2D eigenvalue weighted by molar-refractivity contribution is 7.99. The molecule has 1 aliphatic heterocycles. The molecule has 1 heterocycles. The molecule has 0 radical (unpaired) electrons. The van der Waals surface area contributed by atoms with E-state index in [2.05, 4.69) is 5.32 Å². The summed E-state index contributed by atoms with van der Waals surface area (Å²) >= 11 is 1.53. The molecular weight excluding hydrogens is 362 g/mol. The first-order valence-corrected chi connectivity index (χ1v) is 9.75. The largest absolute Gasteiger partial charge is 0.481 e. The van der Waals surface area contributed by atoms with Crippen LogP contribution in [0.25, 0.3) is 0 Å². The van der Waals surface area contributed by atoms with Crippen molar-refractivity contribution in [2.24, 2.45) is 5.41 Å². The molecule has 5 nitrogen and oxygen atoms in total. The maximum atomic E-state index is 12.8. The van der Waals surface area contributed by atoms with Crippen LogP contribution in [0.5, 0.6) is 0 Å². The maximum Gasteiger partial charge on any atom is 0.311 e. The average Bonchev–Trinajstić information content (AvgIpc) is 2.68. The third-order valence-corrected chi connectivity index (χ3v) is 5.91. The molecule has 3 rings (SSSR count). The van der Waals surface area contributed by atoms with Gasteiger partial charge in [-0.1, -0.05) is 36.0 Å². The number of carboxylic acid groups (broad SMARTS) is 1. The second-order valence-corrected chi connectivity index (χ2v) is 7.91. The number of hydrogen-bond donors (Lipinski definition) is 2. The lowest BCUT2D eigenvalue weighted by atomic mass is 9.80. The number of rotatable bonds is 6. The van der Waals surface area contributed by atoms with Gasteiger partial charge in [-0.05, 0) is 49.6 Å². The predicted molar refractivity (Wildman–Crippen MR) is 104 cm³/mol. The van der Waals surface area contributed by atoms with E-state index in [0.29, 0.717) is 31.6 Å². The maximum absolute atomic E-state index is 12.8. The summed E-state index contributed by atoms with van der Waals surface area (Å²) < 4.78 is 5.29. The molecule has 6 heteroatoms. The van der Waals surface area contributed by atoms with Crippen molar-refractivity contribution in [3.8, 4) is 0 Å². The van der Waals surface area contributed by atoms with Gasteiger partial charge in [-0.2, -0.15) is 0 Å². The van der Waals surface area contributed by atoms with Crippen LogP contribution in [0.1, 0.15) is 28.8 Å². The molecule has 0 bridgehead atoms. The molecule has 142 valence electrons. The van der Waals surface area contributed by atoms with Gasteiger partial charge in [-0.3, -0.25) is 9.59 Å². The molecule has 1 amide bonds. The molecule has 27 heavy (non-hydrogen) atoms. The number of carbonyl (C=O) groups excluding carboxylic acids is 1. The summed E-state index contributed by atoms with van der Waals surface area (Å²) in [5.41, 5.74) is 0.671. The van der Waals surface area contributed by atoms with Gasteiger partial charge >= 0.3 is 5.97 Å². The Morgan fingerprint density at radius 2 is 1.85 bits per heavy atom. The van der Waals surface area contributed by atoms with Crippen LogP contribution in [0.15, 0.2) is 58.3 Å². The van der Waals surface area contributed by atoms with Gasteiger partial charge in [0.15, 0.2) is 0 Å². The molecule has 0 atom stereocenters. The molecule has 0 aromatic heterocycles. The second kappa shape index (κ2) is 8.59. The van der Waals surface area contributed by atoms with Crippen LogP contribution < -0.4 is 5.32 Å². The highest BCUT2D eigenvalue weighted by Crippen LogP contribution is 2.32. The second-order valence-electron chi connectivity index (χ2n) is 6.80. The van der Waals surface area contributed by atoms with Crippen LogP contribution in [0, 0.1) is 12.3 Å². The standard InChI is InChI=1S/C21H23NO4S/c1-15-7-8-17(18(13-15)27-16-5-3-2-4-6-16)19(23)22-14-21(20(24)25)9-11-26-12-10-21/h2-8,13H,9-12,14H2,1H3,(H,22,23)(H,24,25). The Morgan fingerprint density at radius 1 is 1.15 bits per heavy atom. The topological polar surface area (TPSA) is 75.6 Å². The van der Waals surface area contributed by atoms with Crippen LogP contribution in [-0.4, -0.2) is 36.7 Å². The van der Waals surface area contributed by atoms with Crippen molar-refractivity contribution in [3.05, 3.63) is 59.7 Å². The van der Waals surface area contributed by atoms with Gasteiger partial charge in [0.2, 0.25) is 0 Å². The van der Waals surface area contributed by atoms with Gasteiger partial charge in [-0.25, -0.2) is 0 Å². The summed E-state index contributed by atoms with van der Waals surface area (Å²) in [4.78, 5) is 26.5. The number of ether oxygens (including phenoxy) is 1. The molecule has 0 aliphatic carbocycles. The first-order valence-electron chi connectivity index (χ1n) is 8.93. The van der Waals surface area contributed by atoms with E-state index >= 15 is 0 Å². The van der Waals surface area contributed by atoms with Crippen molar-refractivity contribution in [1.29, 1.82) is 0 Å². The Hall–Kier alpha value is -2.31. The van der Waals surface area contributed by atoms with E-state index in [1.54, 1.807) is 6.07 Å². The van der Waals surface area contributed by atoms with E-state index in [9.17, 15) is 14.7 Å². The SMILES string of the molecule is Cc1ccc(C(=O)NCC2(C(=O)O)CCOCC2)c(Sc2ccccc2)c1. The number of carbonyl (C=O) groups is 2. The zero-order valence-corrected chi connectivity index (χ0v) is 16.1. The minimum absolute atomic E-state index is 0.105. The molecule has 2 N–H and O–H groups in total. The van der Waals surface area contributed by atoms with E-state index in [1.165, 1.54) is 11.8 Å². The number of benzene rings is 2. The Labute approximate surface area is 163 Å². The average molecular weight is 385 g/mol. The molecule has 2 aromatic carbocycles. The number of amides is 1. The highest BCUT2D eigenvalue weighted by atomic mass is 32.2. The summed E-state index contributed by atoms with van der Waals surface area (Å²) in [5, 5.41) is 12.5. The molecule has 0 spiro atoms. The van der Waals surface area contributed by atoms with Crippen LogP contribution in [0.3, 0.4) is 0 Å². The first-order chi connectivity index (χ1) is 13.0. The van der Waals surface area contributed by atoms with E-state index in [0.717, 1.165) is 15.4 Å². The van der Waals surface area contributed by atoms with Gasteiger partial charge < -0.3 is 15.2 Å². The van der Waals surface area contributed by atoms with Crippen LogP contribution in [0.2, 0.25) is 0 Å². The van der Waals surface area contributed by atoms with Gasteiger partial charge in [0.1, 0.15) is 0 Å². The van der Waals surface area contributed by atoms with Crippen molar-refractivity contribution >= 4 is 23.6 Å². The van der Waals surface area contributed by atoms with Crippen molar-refractivity contribution in [3.63, 3.8) is 0 Å². The zero-order chi connectivity index (χ0) is 19.3. The van der Waals surface area contributed by atoms with Crippen molar-refractivity contribution in [2.75, 3.05) is 19.8 Å². The number of aliphatic carboxylic acids is 1. The summed E-state index contributed by atoms with van der Waals surface area (Å²) in [6.45, 7) is 2.90. The lowest BCUT2D eigenvalue weighted by molar-refractivity contribution is -0.154. The molecule has 1 fully saturated rings. The smallest absolute Gasteiger partial charge is 0.311 e. The summed E-state index contributed by atoms with van der Waals surface area (Å²) in [6, 6.07) is 15.5. The fraction of sp³-hybridized carbons (Fsp3) is 0.333. The van der Waals surface area contributed by atoms with Crippen LogP contribution in [-0.2, 0) is 9.53 Å². The Balaban J connectivity index is 1.77. The number of nitrogens with one attached hydrogen (secondary N) is 1. The fourth-order valence-electron chi connectivity index (χ4n) is 3.09. The van der Waals surface area contributed by atoms with E-state index < -0.39 is 11.4 Å². The van der Waals surface area contributed by atoms with Gasteiger partial charge in [0.25, 0.3) is 5.91 Å². The van der Waals surface area contributed by atoms with E-state index in [-0.39, 0.29) is 12.5 Å². The minimum Gasteiger partial charge on any atom is -0.481 e. The lowest BCUT2D eigenvalue weighted by Crippen LogP contribution is -2.46. The van der Waals surface area contributed by atoms with Gasteiger partial charge in [-0.15, -0.1) is 0 Å². The predicted octanol–water partition coefficient (Wildman–Crippen LogP) is 3.76. The summed E-state index contributed by atoms with van der Waals surface area (Å²) in [6.07, 6.45) is 0.810. The summed E-state index contributed by atoms with van der Waals surface area (Å²) in [5.74, 6) is -1.13. The Kier molecular flexibility index (Phi) is 6.19. The Bertz CT molecular complexity index is 816. The Morgan fingerprint density at radius 3 is 2.52 bits per heavy atom. The molecule has 2 aromatic rings. The number of carboxylic acids is 1. The first kappa shape index (κ1) is 19.5. The zero-order valence-electron chi connectivity index (χ0n) is 15.2. The van der Waals surface area contributed by atoms with Crippen molar-refractivity contribution < 1.29 is 19.4 Å². The van der Waals surface area contributed by atoms with Crippen molar-refractivity contribution in [1.82, 2.24) is 5.32 Å². The van der Waals surface area contributed by atoms with Crippen molar-refractivity contribution in [2.45, 2.75) is 29.6 Å².